The van der Waals surface area contributed by atoms with E-state index < -0.39 is 9.84 Å². The Balaban J connectivity index is 1.64. The normalized spacial score (nSPS) is 18.6. The molecule has 1 aromatic carbocycles. The van der Waals surface area contributed by atoms with Crippen molar-refractivity contribution in [3.8, 4) is 0 Å². The molecule has 1 aliphatic heterocycles. The molecule has 2 aromatic rings. The molecule has 0 atom stereocenters. The van der Waals surface area contributed by atoms with Crippen molar-refractivity contribution in [1.29, 1.82) is 0 Å². The molecule has 0 amide bonds. The molecule has 1 N–H and O–H groups in total. The molecule has 0 spiro atoms. The van der Waals surface area contributed by atoms with Gasteiger partial charge in [0.2, 0.25) is 0 Å². The highest BCUT2D eigenvalue weighted by Crippen LogP contribution is 2.20. The Morgan fingerprint density at radius 2 is 2.00 bits per heavy atom. The van der Waals surface area contributed by atoms with Crippen LogP contribution in [0.4, 0.5) is 0 Å². The average Bonchev–Trinajstić information content (AvgIpc) is 2.86. The second-order valence-corrected chi connectivity index (χ2v) is 8.03. The maximum absolute atomic E-state index is 11.5. The van der Waals surface area contributed by atoms with E-state index in [1.807, 2.05) is 6.20 Å². The number of hydrogen-bond acceptors (Lipinski definition) is 3. The van der Waals surface area contributed by atoms with Crippen LogP contribution in [0.15, 0.2) is 30.5 Å². The highest BCUT2D eigenvalue weighted by atomic mass is 32.2. The van der Waals surface area contributed by atoms with E-state index in [4.69, 9.17) is 0 Å². The van der Waals surface area contributed by atoms with E-state index in [2.05, 4.69) is 34.1 Å². The average molecular weight is 292 g/mol. The highest BCUT2D eigenvalue weighted by molar-refractivity contribution is 7.91. The Hall–Kier alpha value is -1.33. The molecular weight excluding hydrogens is 272 g/mol. The van der Waals surface area contributed by atoms with Crippen LogP contribution in [-0.2, 0) is 16.4 Å². The van der Waals surface area contributed by atoms with E-state index in [-0.39, 0.29) is 5.25 Å². The minimum atomic E-state index is -2.87. The first-order valence-corrected chi connectivity index (χ1v) is 8.95. The fraction of sp³-hybridized carbons (Fsp3) is 0.467. The minimum Gasteiger partial charge on any atom is -0.361 e. The number of aromatic amines is 1. The van der Waals surface area contributed by atoms with Crippen molar-refractivity contribution in [3.05, 3.63) is 36.0 Å². The van der Waals surface area contributed by atoms with E-state index in [9.17, 15) is 8.42 Å². The molecular formula is C15H20N2O2S. The molecule has 1 fully saturated rings. The van der Waals surface area contributed by atoms with Gasteiger partial charge < -0.3 is 4.98 Å². The van der Waals surface area contributed by atoms with Crippen LogP contribution in [0.1, 0.15) is 18.4 Å². The lowest BCUT2D eigenvalue weighted by Gasteiger charge is -2.31. The fourth-order valence-corrected chi connectivity index (χ4v) is 4.02. The van der Waals surface area contributed by atoms with Gasteiger partial charge in [-0.1, -0.05) is 6.07 Å². The van der Waals surface area contributed by atoms with E-state index in [1.54, 1.807) is 0 Å². The van der Waals surface area contributed by atoms with Gasteiger partial charge in [-0.25, -0.2) is 8.42 Å². The van der Waals surface area contributed by atoms with Crippen molar-refractivity contribution >= 4 is 20.7 Å². The van der Waals surface area contributed by atoms with Crippen LogP contribution in [0.5, 0.6) is 0 Å². The van der Waals surface area contributed by atoms with Gasteiger partial charge >= 0.3 is 0 Å². The lowest BCUT2D eigenvalue weighted by molar-refractivity contribution is 0.222. The molecule has 1 aromatic heterocycles. The molecule has 0 bridgehead atoms. The zero-order chi connectivity index (χ0) is 14.2. The van der Waals surface area contributed by atoms with E-state index in [0.717, 1.165) is 38.0 Å². The zero-order valence-electron chi connectivity index (χ0n) is 11.7. The van der Waals surface area contributed by atoms with Crippen LogP contribution in [0.25, 0.3) is 10.9 Å². The molecule has 0 saturated carbocycles. The third-order valence-electron chi connectivity index (χ3n) is 4.16. The summed E-state index contributed by atoms with van der Waals surface area (Å²) >= 11 is 0. The largest absolute Gasteiger partial charge is 0.361 e. The summed E-state index contributed by atoms with van der Waals surface area (Å²) in [5.41, 5.74) is 2.44. The van der Waals surface area contributed by atoms with E-state index in [0.29, 0.717) is 0 Å². The topological polar surface area (TPSA) is 53.2 Å². The van der Waals surface area contributed by atoms with Crippen molar-refractivity contribution in [1.82, 2.24) is 9.88 Å². The number of H-pyrrole nitrogens is 1. The quantitative estimate of drug-likeness (QED) is 0.943. The summed E-state index contributed by atoms with van der Waals surface area (Å²) in [5.74, 6) is 0. The van der Waals surface area contributed by atoms with Gasteiger partial charge in [-0.2, -0.15) is 0 Å². The molecule has 0 radical (unpaired) electrons. The molecule has 5 heteroatoms. The molecule has 2 heterocycles. The summed E-state index contributed by atoms with van der Waals surface area (Å²) < 4.78 is 23.1. The minimum absolute atomic E-state index is 0.147. The summed E-state index contributed by atoms with van der Waals surface area (Å²) in [6.45, 7) is 2.63. The maximum atomic E-state index is 11.5. The highest BCUT2D eigenvalue weighted by Gasteiger charge is 2.26. The lowest BCUT2D eigenvalue weighted by atomic mass is 10.1. The van der Waals surface area contributed by atoms with Gasteiger partial charge in [-0.3, -0.25) is 4.90 Å². The van der Waals surface area contributed by atoms with Crippen LogP contribution in [0, 0.1) is 0 Å². The number of nitrogens with one attached hydrogen (secondary N) is 1. The standard InChI is InChI=1S/C15H20N2O2S/c1-20(18,19)14-5-8-17(9-6-14)11-12-2-3-15-13(10-12)4-7-16-15/h2-4,7,10,14,16H,5-6,8-9,11H2,1H3. The first-order chi connectivity index (χ1) is 9.52. The summed E-state index contributed by atoms with van der Waals surface area (Å²) in [6, 6.07) is 8.53. The Kier molecular flexibility index (Phi) is 3.56. The van der Waals surface area contributed by atoms with Crippen molar-refractivity contribution in [2.45, 2.75) is 24.6 Å². The molecule has 1 aliphatic rings. The maximum Gasteiger partial charge on any atom is 0.150 e. The number of benzene rings is 1. The van der Waals surface area contributed by atoms with Gasteiger partial charge in [0, 0.05) is 24.5 Å². The predicted octanol–water partition coefficient (Wildman–Crippen LogP) is 2.18. The number of nitrogens with zero attached hydrogens (tertiary/aromatic N) is 1. The zero-order valence-corrected chi connectivity index (χ0v) is 12.5. The number of rotatable bonds is 3. The van der Waals surface area contributed by atoms with Gasteiger partial charge in [-0.15, -0.1) is 0 Å². The van der Waals surface area contributed by atoms with Gasteiger partial charge in [0.15, 0.2) is 0 Å². The molecule has 0 unspecified atom stereocenters. The van der Waals surface area contributed by atoms with Gasteiger partial charge in [0.05, 0.1) is 5.25 Å². The Morgan fingerprint density at radius 1 is 1.25 bits per heavy atom. The predicted molar refractivity (Wildman–Crippen MR) is 81.4 cm³/mol. The summed E-state index contributed by atoms with van der Waals surface area (Å²) in [5, 5.41) is 1.08. The van der Waals surface area contributed by atoms with Crippen LogP contribution in [-0.4, -0.2) is 42.9 Å². The number of aromatic nitrogens is 1. The Labute approximate surface area is 119 Å². The van der Waals surface area contributed by atoms with Crippen LogP contribution in [0.3, 0.4) is 0 Å². The number of hydrogen-bond donors (Lipinski definition) is 1. The molecule has 3 rings (SSSR count). The molecule has 0 aliphatic carbocycles. The van der Waals surface area contributed by atoms with Crippen molar-refractivity contribution in [2.75, 3.05) is 19.3 Å². The monoisotopic (exact) mass is 292 g/mol. The second kappa shape index (κ2) is 5.22. The SMILES string of the molecule is CS(=O)(=O)C1CCN(Cc2ccc3[nH]ccc3c2)CC1. The Morgan fingerprint density at radius 3 is 2.70 bits per heavy atom. The molecule has 108 valence electrons. The van der Waals surface area contributed by atoms with Gasteiger partial charge in [-0.05, 0) is 55.1 Å². The van der Waals surface area contributed by atoms with Gasteiger partial charge in [0.1, 0.15) is 9.84 Å². The number of fused-ring (bicyclic) bond motifs is 1. The first-order valence-electron chi connectivity index (χ1n) is 6.99. The van der Waals surface area contributed by atoms with Crippen LogP contribution >= 0.6 is 0 Å². The third-order valence-corrected chi connectivity index (χ3v) is 5.85. The van der Waals surface area contributed by atoms with Crippen molar-refractivity contribution in [3.63, 3.8) is 0 Å². The lowest BCUT2D eigenvalue weighted by Crippen LogP contribution is -2.38. The summed E-state index contributed by atoms with van der Waals surface area (Å²) in [4.78, 5) is 5.54. The van der Waals surface area contributed by atoms with E-state index in [1.165, 1.54) is 17.2 Å². The fourth-order valence-electron chi connectivity index (χ4n) is 2.95. The number of likely N-dealkylation sites (tertiary alicyclic amines) is 1. The smallest absolute Gasteiger partial charge is 0.150 e. The number of piperidine rings is 1. The van der Waals surface area contributed by atoms with Gasteiger partial charge in [0.25, 0.3) is 0 Å². The third kappa shape index (κ3) is 2.88. The van der Waals surface area contributed by atoms with Crippen molar-refractivity contribution < 1.29 is 8.42 Å². The summed E-state index contributed by atoms with van der Waals surface area (Å²) in [6.07, 6.45) is 4.82. The van der Waals surface area contributed by atoms with Crippen molar-refractivity contribution in [2.24, 2.45) is 0 Å². The van der Waals surface area contributed by atoms with E-state index >= 15 is 0 Å². The molecule has 20 heavy (non-hydrogen) atoms. The molecule has 1 saturated heterocycles. The number of sulfone groups is 1. The summed E-state index contributed by atoms with van der Waals surface area (Å²) in [7, 11) is -2.87. The molecule has 4 nitrogen and oxygen atoms in total. The van der Waals surface area contributed by atoms with Crippen LogP contribution in [0.2, 0.25) is 0 Å². The Bertz CT molecular complexity index is 697. The second-order valence-electron chi connectivity index (χ2n) is 5.70. The first kappa shape index (κ1) is 13.6. The van der Waals surface area contributed by atoms with Crippen LogP contribution < -0.4 is 0 Å².